The summed E-state index contributed by atoms with van der Waals surface area (Å²) in [6.07, 6.45) is 10.3. The van der Waals surface area contributed by atoms with Gasteiger partial charge in [-0.05, 0) is 41.2 Å². The Bertz CT molecular complexity index is 764. The third kappa shape index (κ3) is 1.84. The van der Waals surface area contributed by atoms with Gasteiger partial charge in [0.25, 0.3) is 0 Å². The summed E-state index contributed by atoms with van der Waals surface area (Å²) in [5.41, 5.74) is 5.76. The van der Waals surface area contributed by atoms with Crippen LogP contribution < -0.4 is 0 Å². The molecule has 1 N–H and O–H groups in total. The molecule has 0 atom stereocenters. The molecule has 0 amide bonds. The smallest absolute Gasteiger partial charge is 0.0793 e. The Hall–Kier alpha value is -2.61. The molecule has 0 saturated heterocycles. The molecule has 2 aromatic carbocycles. The number of hydrogen-bond acceptors (Lipinski definition) is 2. The number of nitrogens with zero attached hydrogens (tertiary/aromatic N) is 1. The highest BCUT2D eigenvalue weighted by Crippen LogP contribution is 2.45. The standard InChI is InChI=1S/C20H17NO/c22-21-17-11-13-20(14-12-17)18-7-3-1-5-15(18)9-10-16-6-2-4-8-19(16)20/h1-11,13,22H,12,14H2/b21-17-. The topological polar surface area (TPSA) is 32.6 Å². The molecule has 0 aliphatic heterocycles. The zero-order valence-corrected chi connectivity index (χ0v) is 12.2. The van der Waals surface area contributed by atoms with Crippen LogP contribution in [0.3, 0.4) is 0 Å². The van der Waals surface area contributed by atoms with E-state index in [4.69, 9.17) is 5.21 Å². The quantitative estimate of drug-likeness (QED) is 0.556. The summed E-state index contributed by atoms with van der Waals surface area (Å²) in [6.45, 7) is 0. The summed E-state index contributed by atoms with van der Waals surface area (Å²) in [4.78, 5) is 0. The Labute approximate surface area is 130 Å². The highest BCUT2D eigenvalue weighted by atomic mass is 16.4. The van der Waals surface area contributed by atoms with Crippen LogP contribution in [0.25, 0.3) is 12.2 Å². The van der Waals surface area contributed by atoms with Crippen LogP contribution in [0, 0.1) is 0 Å². The Morgan fingerprint density at radius 2 is 1.41 bits per heavy atom. The molecule has 2 nitrogen and oxygen atoms in total. The van der Waals surface area contributed by atoms with Gasteiger partial charge < -0.3 is 5.21 Å². The van der Waals surface area contributed by atoms with Crippen molar-refractivity contribution in [2.75, 3.05) is 0 Å². The van der Waals surface area contributed by atoms with E-state index in [1.807, 2.05) is 6.08 Å². The summed E-state index contributed by atoms with van der Waals surface area (Å²) in [5.74, 6) is 0. The Morgan fingerprint density at radius 1 is 0.818 bits per heavy atom. The van der Waals surface area contributed by atoms with Gasteiger partial charge in [0.05, 0.1) is 5.71 Å². The molecule has 0 saturated carbocycles. The zero-order chi connectivity index (χ0) is 15.0. The van der Waals surface area contributed by atoms with Crippen molar-refractivity contribution >= 4 is 17.9 Å². The summed E-state index contributed by atoms with van der Waals surface area (Å²) in [5, 5.41) is 12.4. The van der Waals surface area contributed by atoms with E-state index in [9.17, 15) is 0 Å². The van der Waals surface area contributed by atoms with Gasteiger partial charge in [0.1, 0.15) is 0 Å². The third-order valence-electron chi connectivity index (χ3n) is 4.79. The van der Waals surface area contributed by atoms with Crippen molar-refractivity contribution in [1.29, 1.82) is 0 Å². The summed E-state index contributed by atoms with van der Waals surface area (Å²) >= 11 is 0. The second kappa shape index (κ2) is 4.99. The van der Waals surface area contributed by atoms with Gasteiger partial charge >= 0.3 is 0 Å². The highest BCUT2D eigenvalue weighted by molar-refractivity contribution is 5.96. The first-order valence-corrected chi connectivity index (χ1v) is 7.61. The molecule has 0 unspecified atom stereocenters. The van der Waals surface area contributed by atoms with E-state index in [-0.39, 0.29) is 5.41 Å². The first-order chi connectivity index (χ1) is 10.8. The van der Waals surface area contributed by atoms with Crippen molar-refractivity contribution in [2.24, 2.45) is 5.16 Å². The monoisotopic (exact) mass is 287 g/mol. The lowest BCUT2D eigenvalue weighted by Gasteiger charge is -2.36. The minimum absolute atomic E-state index is 0.148. The van der Waals surface area contributed by atoms with Crippen molar-refractivity contribution in [1.82, 2.24) is 0 Å². The van der Waals surface area contributed by atoms with Gasteiger partial charge in [-0.1, -0.05) is 71.9 Å². The molecule has 0 bridgehead atoms. The van der Waals surface area contributed by atoms with Gasteiger partial charge in [-0.25, -0.2) is 0 Å². The number of allylic oxidation sites excluding steroid dienone is 2. The summed E-state index contributed by atoms with van der Waals surface area (Å²) in [7, 11) is 0. The summed E-state index contributed by atoms with van der Waals surface area (Å²) < 4.78 is 0. The maximum Gasteiger partial charge on any atom is 0.0793 e. The van der Waals surface area contributed by atoms with Crippen LogP contribution in [-0.2, 0) is 5.41 Å². The molecular formula is C20H17NO. The van der Waals surface area contributed by atoms with E-state index < -0.39 is 0 Å². The number of benzene rings is 2. The molecule has 2 heteroatoms. The lowest BCUT2D eigenvalue weighted by atomic mass is 9.67. The van der Waals surface area contributed by atoms with E-state index in [2.05, 4.69) is 71.9 Å². The first-order valence-electron chi connectivity index (χ1n) is 7.61. The highest BCUT2D eigenvalue weighted by Gasteiger charge is 2.37. The predicted molar refractivity (Wildman–Crippen MR) is 90.2 cm³/mol. The van der Waals surface area contributed by atoms with Crippen LogP contribution in [0.2, 0.25) is 0 Å². The van der Waals surface area contributed by atoms with Crippen molar-refractivity contribution in [3.8, 4) is 0 Å². The van der Waals surface area contributed by atoms with Crippen molar-refractivity contribution < 1.29 is 5.21 Å². The Kier molecular flexibility index (Phi) is 2.97. The van der Waals surface area contributed by atoms with Crippen LogP contribution in [-0.4, -0.2) is 10.9 Å². The van der Waals surface area contributed by atoms with Crippen LogP contribution in [0.1, 0.15) is 35.1 Å². The fourth-order valence-corrected chi connectivity index (χ4v) is 3.68. The lowest BCUT2D eigenvalue weighted by molar-refractivity contribution is 0.317. The molecule has 0 fully saturated rings. The molecule has 0 radical (unpaired) electrons. The second-order valence-electron chi connectivity index (χ2n) is 5.90. The van der Waals surface area contributed by atoms with E-state index in [0.717, 1.165) is 18.6 Å². The molecule has 0 heterocycles. The van der Waals surface area contributed by atoms with Crippen LogP contribution in [0.15, 0.2) is 65.8 Å². The average Bonchev–Trinajstić information content (AvgIpc) is 2.73. The normalized spacial score (nSPS) is 19.7. The Morgan fingerprint density at radius 3 is 1.91 bits per heavy atom. The van der Waals surface area contributed by atoms with Crippen molar-refractivity contribution in [3.63, 3.8) is 0 Å². The van der Waals surface area contributed by atoms with Gasteiger partial charge in [-0.2, -0.15) is 0 Å². The van der Waals surface area contributed by atoms with Crippen molar-refractivity contribution in [3.05, 3.63) is 82.9 Å². The minimum atomic E-state index is -0.148. The van der Waals surface area contributed by atoms with E-state index in [0.29, 0.717) is 0 Å². The molecule has 2 aromatic rings. The number of hydrogen-bond donors (Lipinski definition) is 1. The Balaban J connectivity index is 2.03. The van der Waals surface area contributed by atoms with Crippen molar-refractivity contribution in [2.45, 2.75) is 18.3 Å². The largest absolute Gasteiger partial charge is 0.411 e. The van der Waals surface area contributed by atoms with E-state index in [1.54, 1.807) is 0 Å². The molecule has 0 aromatic heterocycles. The number of oxime groups is 1. The first kappa shape index (κ1) is 13.1. The predicted octanol–water partition coefficient (Wildman–Crippen LogP) is 4.64. The molecule has 2 aliphatic rings. The van der Waals surface area contributed by atoms with Gasteiger partial charge in [-0.3, -0.25) is 0 Å². The minimum Gasteiger partial charge on any atom is -0.411 e. The van der Waals surface area contributed by atoms with Crippen LogP contribution >= 0.6 is 0 Å². The van der Waals surface area contributed by atoms with Crippen LogP contribution in [0.5, 0.6) is 0 Å². The molecule has 22 heavy (non-hydrogen) atoms. The fourth-order valence-electron chi connectivity index (χ4n) is 3.68. The molecule has 108 valence electrons. The second-order valence-corrected chi connectivity index (χ2v) is 5.90. The third-order valence-corrected chi connectivity index (χ3v) is 4.79. The van der Waals surface area contributed by atoms with E-state index >= 15 is 0 Å². The summed E-state index contributed by atoms with van der Waals surface area (Å²) in [6, 6.07) is 17.1. The zero-order valence-electron chi connectivity index (χ0n) is 12.2. The SMILES string of the molecule is O/N=C1/C=CC2(CC1)c1ccccc1C=Cc1ccccc12. The van der Waals surface area contributed by atoms with Gasteiger partial charge in [-0.15, -0.1) is 0 Å². The molecule has 4 rings (SSSR count). The maximum absolute atomic E-state index is 9.05. The van der Waals surface area contributed by atoms with Gasteiger partial charge in [0, 0.05) is 5.41 Å². The average molecular weight is 287 g/mol. The lowest BCUT2D eigenvalue weighted by Crippen LogP contribution is -2.30. The van der Waals surface area contributed by atoms with E-state index in [1.165, 1.54) is 22.3 Å². The molecule has 2 aliphatic carbocycles. The van der Waals surface area contributed by atoms with Crippen LogP contribution in [0.4, 0.5) is 0 Å². The fraction of sp³-hybridized carbons (Fsp3) is 0.150. The number of rotatable bonds is 0. The number of fused-ring (bicyclic) bond motifs is 4. The van der Waals surface area contributed by atoms with Gasteiger partial charge in [0.15, 0.2) is 0 Å². The maximum atomic E-state index is 9.05. The molecule has 1 spiro atoms. The van der Waals surface area contributed by atoms with Gasteiger partial charge in [0.2, 0.25) is 0 Å². The molecular weight excluding hydrogens is 270 g/mol.